The lowest BCUT2D eigenvalue weighted by Crippen LogP contribution is -2.34. The molecule has 3 rings (SSSR count). The number of aromatic nitrogens is 1. The maximum Gasteiger partial charge on any atom is 0.245 e. The van der Waals surface area contributed by atoms with E-state index in [1.165, 1.54) is 17.2 Å². The van der Waals surface area contributed by atoms with Gasteiger partial charge in [-0.15, -0.1) is 0 Å². The molecule has 1 unspecified atom stereocenters. The Labute approximate surface area is 134 Å². The minimum Gasteiger partial charge on any atom is -0.320 e. The maximum absolute atomic E-state index is 11.9. The van der Waals surface area contributed by atoms with E-state index >= 15 is 0 Å². The van der Waals surface area contributed by atoms with Gasteiger partial charge in [0.25, 0.3) is 0 Å². The molecule has 4 N–H and O–H groups in total. The maximum atomic E-state index is 11.9. The first-order valence-corrected chi connectivity index (χ1v) is 8.58. The Kier molecular flexibility index (Phi) is 3.88. The molecule has 0 radical (unpaired) electrons. The Bertz CT molecular complexity index is 849. The van der Waals surface area contributed by atoms with Gasteiger partial charge in [-0.2, -0.15) is 0 Å². The van der Waals surface area contributed by atoms with Gasteiger partial charge < -0.3 is 5.73 Å². The third-order valence-corrected chi connectivity index (χ3v) is 4.74. The molecule has 1 fully saturated rings. The van der Waals surface area contributed by atoms with Gasteiger partial charge in [-0.05, 0) is 24.6 Å². The Morgan fingerprint density at radius 3 is 2.48 bits per heavy atom. The SMILES string of the molecule is NC1CCN(c2ccc(-c3ccccc3S(N)(=O)=O)cn2)C1=O. The molecule has 1 saturated heterocycles. The van der Waals surface area contributed by atoms with Crippen LogP contribution in [-0.4, -0.2) is 31.9 Å². The van der Waals surface area contributed by atoms with Crippen molar-refractivity contribution in [1.29, 1.82) is 0 Å². The van der Waals surface area contributed by atoms with E-state index in [1.54, 1.807) is 30.3 Å². The average molecular weight is 332 g/mol. The van der Waals surface area contributed by atoms with Crippen molar-refractivity contribution in [3.8, 4) is 11.1 Å². The van der Waals surface area contributed by atoms with E-state index in [-0.39, 0.29) is 10.8 Å². The molecular formula is C15H16N4O3S. The first-order valence-electron chi connectivity index (χ1n) is 7.03. The molecule has 7 nitrogen and oxygen atoms in total. The van der Waals surface area contributed by atoms with Crippen molar-refractivity contribution < 1.29 is 13.2 Å². The van der Waals surface area contributed by atoms with E-state index in [1.807, 2.05) is 0 Å². The summed E-state index contributed by atoms with van der Waals surface area (Å²) in [5.41, 5.74) is 6.77. The topological polar surface area (TPSA) is 119 Å². The van der Waals surface area contributed by atoms with Crippen LogP contribution in [0.15, 0.2) is 47.5 Å². The summed E-state index contributed by atoms with van der Waals surface area (Å²) < 4.78 is 23.3. The summed E-state index contributed by atoms with van der Waals surface area (Å²) in [5.74, 6) is 0.343. The second-order valence-electron chi connectivity index (χ2n) is 5.33. The molecule has 0 bridgehead atoms. The monoisotopic (exact) mass is 332 g/mol. The van der Waals surface area contributed by atoms with E-state index in [0.29, 0.717) is 29.9 Å². The van der Waals surface area contributed by atoms with Crippen molar-refractivity contribution in [2.24, 2.45) is 10.9 Å². The number of nitrogens with two attached hydrogens (primary N) is 2. The molecule has 8 heteroatoms. The summed E-state index contributed by atoms with van der Waals surface area (Å²) in [5, 5.41) is 5.24. The number of carbonyl (C=O) groups excluding carboxylic acids is 1. The molecule has 1 aromatic carbocycles. The van der Waals surface area contributed by atoms with Gasteiger partial charge in [0.2, 0.25) is 15.9 Å². The molecule has 1 atom stereocenters. The normalized spacial score (nSPS) is 18.4. The summed E-state index contributed by atoms with van der Waals surface area (Å²) >= 11 is 0. The van der Waals surface area contributed by atoms with Crippen molar-refractivity contribution in [2.45, 2.75) is 17.4 Å². The fourth-order valence-corrected chi connectivity index (χ4v) is 3.35. The molecule has 2 heterocycles. The average Bonchev–Trinajstić information content (AvgIpc) is 2.86. The summed E-state index contributed by atoms with van der Waals surface area (Å²) in [6.45, 7) is 0.528. The lowest BCUT2D eigenvalue weighted by atomic mass is 10.1. The number of rotatable bonds is 3. The largest absolute Gasteiger partial charge is 0.320 e. The lowest BCUT2D eigenvalue weighted by molar-refractivity contribution is -0.118. The number of sulfonamides is 1. The highest BCUT2D eigenvalue weighted by Crippen LogP contribution is 2.27. The fourth-order valence-electron chi connectivity index (χ4n) is 2.59. The van der Waals surface area contributed by atoms with E-state index in [2.05, 4.69) is 4.98 Å². The molecular weight excluding hydrogens is 316 g/mol. The molecule has 0 aliphatic carbocycles. The highest BCUT2D eigenvalue weighted by molar-refractivity contribution is 7.89. The first-order chi connectivity index (χ1) is 10.9. The first kappa shape index (κ1) is 15.6. The molecule has 1 aliphatic rings. The molecule has 1 aliphatic heterocycles. The number of carbonyl (C=O) groups is 1. The van der Waals surface area contributed by atoms with Crippen molar-refractivity contribution >= 4 is 21.7 Å². The van der Waals surface area contributed by atoms with Gasteiger partial charge in [-0.25, -0.2) is 18.5 Å². The van der Waals surface area contributed by atoms with Crippen molar-refractivity contribution in [1.82, 2.24) is 4.98 Å². The minimum absolute atomic E-state index is 0.0359. The van der Waals surface area contributed by atoms with E-state index in [0.717, 1.165) is 0 Å². The van der Waals surface area contributed by atoms with E-state index < -0.39 is 16.1 Å². The molecule has 2 aromatic rings. The number of amides is 1. The van der Waals surface area contributed by atoms with Crippen LogP contribution in [0.3, 0.4) is 0 Å². The summed E-state index contributed by atoms with van der Waals surface area (Å²) in [7, 11) is -3.83. The van der Waals surface area contributed by atoms with Gasteiger partial charge in [0.05, 0.1) is 10.9 Å². The van der Waals surface area contributed by atoms with Gasteiger partial charge >= 0.3 is 0 Å². The molecule has 23 heavy (non-hydrogen) atoms. The lowest BCUT2D eigenvalue weighted by Gasteiger charge is -2.15. The second-order valence-corrected chi connectivity index (χ2v) is 6.86. The van der Waals surface area contributed by atoms with Crippen LogP contribution in [0, 0.1) is 0 Å². The summed E-state index contributed by atoms with van der Waals surface area (Å²) in [4.78, 5) is 17.7. The Morgan fingerprint density at radius 1 is 1.17 bits per heavy atom. The minimum atomic E-state index is -3.83. The summed E-state index contributed by atoms with van der Waals surface area (Å²) in [6, 6.07) is 9.33. The van der Waals surface area contributed by atoms with Gasteiger partial charge in [0.1, 0.15) is 5.82 Å². The van der Waals surface area contributed by atoms with E-state index in [4.69, 9.17) is 10.9 Å². The highest BCUT2D eigenvalue weighted by atomic mass is 32.2. The molecule has 1 aromatic heterocycles. The number of benzene rings is 1. The zero-order valence-electron chi connectivity index (χ0n) is 12.2. The van der Waals surface area contributed by atoms with E-state index in [9.17, 15) is 13.2 Å². The van der Waals surface area contributed by atoms with Crippen molar-refractivity contribution in [3.05, 3.63) is 42.6 Å². The Morgan fingerprint density at radius 2 is 1.91 bits per heavy atom. The zero-order valence-corrected chi connectivity index (χ0v) is 13.0. The predicted octanol–water partition coefficient (Wildman–Crippen LogP) is 0.460. The standard InChI is InChI=1S/C15H16N4O3S/c16-12-7-8-19(15(12)20)14-6-5-10(9-18-14)11-3-1-2-4-13(11)23(17,21)22/h1-6,9,12H,7-8,16H2,(H2,17,21,22). The Balaban J connectivity index is 1.97. The van der Waals surface area contributed by atoms with Crippen molar-refractivity contribution in [3.63, 3.8) is 0 Å². The number of pyridine rings is 1. The highest BCUT2D eigenvalue weighted by Gasteiger charge is 2.30. The van der Waals surface area contributed by atoms with Crippen LogP contribution in [0.2, 0.25) is 0 Å². The van der Waals surface area contributed by atoms with Gasteiger partial charge in [0.15, 0.2) is 0 Å². The third kappa shape index (κ3) is 2.96. The van der Waals surface area contributed by atoms with Gasteiger partial charge in [-0.3, -0.25) is 9.69 Å². The fraction of sp³-hybridized carbons (Fsp3) is 0.200. The number of hydrogen-bond acceptors (Lipinski definition) is 5. The van der Waals surface area contributed by atoms with Crippen LogP contribution in [-0.2, 0) is 14.8 Å². The molecule has 120 valence electrons. The number of anilines is 1. The van der Waals surface area contributed by atoms with Crippen molar-refractivity contribution in [2.75, 3.05) is 11.4 Å². The van der Waals surface area contributed by atoms with Crippen LogP contribution < -0.4 is 15.8 Å². The van der Waals surface area contributed by atoms with Crippen LogP contribution in [0.25, 0.3) is 11.1 Å². The molecule has 0 saturated carbocycles. The quantitative estimate of drug-likeness (QED) is 0.846. The smallest absolute Gasteiger partial charge is 0.245 e. The molecule has 0 spiro atoms. The van der Waals surface area contributed by atoms with Gasteiger partial charge in [0, 0.05) is 23.9 Å². The predicted molar refractivity (Wildman–Crippen MR) is 86.0 cm³/mol. The third-order valence-electron chi connectivity index (χ3n) is 3.78. The second kappa shape index (κ2) is 5.73. The van der Waals surface area contributed by atoms with Gasteiger partial charge in [-0.1, -0.05) is 18.2 Å². The van der Waals surface area contributed by atoms with Crippen LogP contribution in [0.4, 0.5) is 5.82 Å². The number of nitrogens with zero attached hydrogens (tertiary/aromatic N) is 2. The van der Waals surface area contributed by atoms with Crippen LogP contribution in [0.1, 0.15) is 6.42 Å². The Hall–Kier alpha value is -2.29. The summed E-state index contributed by atoms with van der Waals surface area (Å²) in [6.07, 6.45) is 2.12. The zero-order chi connectivity index (χ0) is 16.6. The van der Waals surface area contributed by atoms with Crippen LogP contribution >= 0.6 is 0 Å². The number of primary sulfonamides is 1. The molecule has 1 amide bonds. The number of hydrogen-bond donors (Lipinski definition) is 2. The van der Waals surface area contributed by atoms with Crippen LogP contribution in [0.5, 0.6) is 0 Å².